The SMILES string of the molecule is CCCCCCCCc1cccc(C(=O)N(C)O)c1. The number of carbonyl (C=O) groups excluding carboxylic acids is 1. The van der Waals surface area contributed by atoms with Crippen molar-refractivity contribution >= 4 is 5.91 Å². The predicted molar refractivity (Wildman–Crippen MR) is 77.4 cm³/mol. The molecule has 0 saturated carbocycles. The molecule has 1 amide bonds. The zero-order valence-electron chi connectivity index (χ0n) is 12.1. The van der Waals surface area contributed by atoms with Gasteiger partial charge in [0.1, 0.15) is 0 Å². The third-order valence-corrected chi connectivity index (χ3v) is 3.29. The number of rotatable bonds is 8. The average molecular weight is 263 g/mol. The van der Waals surface area contributed by atoms with Gasteiger partial charge < -0.3 is 0 Å². The fourth-order valence-corrected chi connectivity index (χ4v) is 2.16. The highest BCUT2D eigenvalue weighted by Crippen LogP contribution is 2.12. The second kappa shape index (κ2) is 8.70. The molecule has 0 fully saturated rings. The van der Waals surface area contributed by atoms with Crippen LogP contribution in [0.3, 0.4) is 0 Å². The van der Waals surface area contributed by atoms with Gasteiger partial charge in [-0.25, -0.2) is 5.06 Å². The number of aryl methyl sites for hydroxylation is 1. The fourth-order valence-electron chi connectivity index (χ4n) is 2.16. The summed E-state index contributed by atoms with van der Waals surface area (Å²) in [6.45, 7) is 2.22. The highest BCUT2D eigenvalue weighted by molar-refractivity contribution is 5.93. The minimum atomic E-state index is -0.357. The van der Waals surface area contributed by atoms with Crippen LogP contribution < -0.4 is 0 Å². The van der Waals surface area contributed by atoms with Crippen LogP contribution in [0.1, 0.15) is 61.4 Å². The molecule has 1 aromatic rings. The number of nitrogens with zero attached hydrogens (tertiary/aromatic N) is 1. The van der Waals surface area contributed by atoms with Gasteiger partial charge in [-0.05, 0) is 30.5 Å². The van der Waals surface area contributed by atoms with E-state index in [1.165, 1.54) is 44.7 Å². The molecule has 0 aliphatic rings. The Morgan fingerprint density at radius 2 is 1.84 bits per heavy atom. The molecule has 106 valence electrons. The van der Waals surface area contributed by atoms with E-state index in [1.807, 2.05) is 18.2 Å². The van der Waals surface area contributed by atoms with E-state index >= 15 is 0 Å². The number of hydroxylamine groups is 2. The molecule has 1 aromatic carbocycles. The summed E-state index contributed by atoms with van der Waals surface area (Å²) in [7, 11) is 1.35. The fraction of sp³-hybridized carbons (Fsp3) is 0.562. The Balaban J connectivity index is 2.38. The number of carbonyl (C=O) groups is 1. The number of benzene rings is 1. The Bertz CT molecular complexity index is 388. The highest BCUT2D eigenvalue weighted by atomic mass is 16.5. The van der Waals surface area contributed by atoms with Gasteiger partial charge in [-0.15, -0.1) is 0 Å². The number of amides is 1. The largest absolute Gasteiger partial charge is 0.286 e. The molecule has 0 aliphatic heterocycles. The first-order chi connectivity index (χ1) is 9.15. The molecule has 0 unspecified atom stereocenters. The van der Waals surface area contributed by atoms with Crippen molar-refractivity contribution in [3.05, 3.63) is 35.4 Å². The number of hydrogen-bond acceptors (Lipinski definition) is 2. The van der Waals surface area contributed by atoms with Crippen LogP contribution in [0.15, 0.2) is 24.3 Å². The molecular formula is C16H25NO2. The molecule has 0 aromatic heterocycles. The summed E-state index contributed by atoms with van der Waals surface area (Å²) in [4.78, 5) is 11.6. The molecule has 0 atom stereocenters. The maximum atomic E-state index is 11.6. The van der Waals surface area contributed by atoms with Gasteiger partial charge in [0.15, 0.2) is 0 Å². The van der Waals surface area contributed by atoms with Crippen molar-refractivity contribution in [1.82, 2.24) is 5.06 Å². The van der Waals surface area contributed by atoms with Gasteiger partial charge in [0.25, 0.3) is 5.91 Å². The van der Waals surface area contributed by atoms with Gasteiger partial charge in [0.05, 0.1) is 0 Å². The van der Waals surface area contributed by atoms with Crippen LogP contribution in [0.2, 0.25) is 0 Å². The van der Waals surface area contributed by atoms with Crippen LogP contribution in [0, 0.1) is 0 Å². The van der Waals surface area contributed by atoms with Crippen LogP contribution in [0.25, 0.3) is 0 Å². The van der Waals surface area contributed by atoms with Gasteiger partial charge in [-0.1, -0.05) is 51.2 Å². The molecule has 19 heavy (non-hydrogen) atoms. The topological polar surface area (TPSA) is 40.5 Å². The van der Waals surface area contributed by atoms with Crippen LogP contribution >= 0.6 is 0 Å². The summed E-state index contributed by atoms with van der Waals surface area (Å²) in [6.07, 6.45) is 8.64. The molecule has 3 nitrogen and oxygen atoms in total. The summed E-state index contributed by atoms with van der Waals surface area (Å²) in [5.41, 5.74) is 1.72. The highest BCUT2D eigenvalue weighted by Gasteiger charge is 2.09. The minimum Gasteiger partial charge on any atom is -0.286 e. The lowest BCUT2D eigenvalue weighted by atomic mass is 10.0. The second-order valence-electron chi connectivity index (χ2n) is 5.05. The summed E-state index contributed by atoms with van der Waals surface area (Å²) in [6, 6.07) is 7.53. The van der Waals surface area contributed by atoms with E-state index in [2.05, 4.69) is 6.92 Å². The second-order valence-corrected chi connectivity index (χ2v) is 5.05. The Morgan fingerprint density at radius 3 is 2.53 bits per heavy atom. The van der Waals surface area contributed by atoms with E-state index in [1.54, 1.807) is 6.07 Å². The Hall–Kier alpha value is -1.35. The Kier molecular flexibility index (Phi) is 7.19. The summed E-state index contributed by atoms with van der Waals surface area (Å²) in [5, 5.41) is 9.77. The summed E-state index contributed by atoms with van der Waals surface area (Å²) in [5.74, 6) is -0.357. The maximum absolute atomic E-state index is 11.6. The molecule has 0 radical (unpaired) electrons. The van der Waals surface area contributed by atoms with Crippen molar-refractivity contribution in [3.8, 4) is 0 Å². The monoisotopic (exact) mass is 263 g/mol. The summed E-state index contributed by atoms with van der Waals surface area (Å²) < 4.78 is 0. The van der Waals surface area contributed by atoms with Gasteiger partial charge in [-0.2, -0.15) is 0 Å². The van der Waals surface area contributed by atoms with Crippen molar-refractivity contribution < 1.29 is 10.0 Å². The van der Waals surface area contributed by atoms with Crippen molar-refractivity contribution in [3.63, 3.8) is 0 Å². The first-order valence-electron chi connectivity index (χ1n) is 7.21. The summed E-state index contributed by atoms with van der Waals surface area (Å²) >= 11 is 0. The van der Waals surface area contributed by atoms with E-state index in [0.29, 0.717) is 10.6 Å². The number of unbranched alkanes of at least 4 members (excludes halogenated alkanes) is 5. The molecule has 0 spiro atoms. The van der Waals surface area contributed by atoms with Crippen molar-refractivity contribution in [2.75, 3.05) is 7.05 Å². The molecule has 0 heterocycles. The Labute approximate surface area is 116 Å². The smallest absolute Gasteiger partial charge is 0.276 e. The first-order valence-corrected chi connectivity index (χ1v) is 7.21. The van der Waals surface area contributed by atoms with Crippen molar-refractivity contribution in [2.24, 2.45) is 0 Å². The van der Waals surface area contributed by atoms with E-state index in [4.69, 9.17) is 5.21 Å². The van der Waals surface area contributed by atoms with E-state index in [9.17, 15) is 4.79 Å². The minimum absolute atomic E-state index is 0.357. The van der Waals surface area contributed by atoms with Gasteiger partial charge in [0.2, 0.25) is 0 Å². The molecule has 0 bridgehead atoms. The molecule has 0 saturated heterocycles. The standard InChI is InChI=1S/C16H25NO2/c1-3-4-5-6-7-8-10-14-11-9-12-15(13-14)16(18)17(2)19/h9,11-13,19H,3-8,10H2,1-2H3. The van der Waals surface area contributed by atoms with Gasteiger partial charge in [-0.3, -0.25) is 10.0 Å². The van der Waals surface area contributed by atoms with E-state index in [0.717, 1.165) is 12.8 Å². The van der Waals surface area contributed by atoms with Crippen LogP contribution in [0.5, 0.6) is 0 Å². The zero-order valence-corrected chi connectivity index (χ0v) is 12.1. The van der Waals surface area contributed by atoms with Gasteiger partial charge >= 0.3 is 0 Å². The molecular weight excluding hydrogens is 238 g/mol. The zero-order chi connectivity index (χ0) is 14.1. The normalized spacial score (nSPS) is 10.5. The van der Waals surface area contributed by atoms with Crippen LogP contribution in [0.4, 0.5) is 0 Å². The van der Waals surface area contributed by atoms with Crippen LogP contribution in [-0.4, -0.2) is 23.2 Å². The first kappa shape index (κ1) is 15.7. The average Bonchev–Trinajstić information content (AvgIpc) is 2.42. The van der Waals surface area contributed by atoms with E-state index < -0.39 is 0 Å². The molecule has 3 heteroatoms. The lowest BCUT2D eigenvalue weighted by molar-refractivity contribution is -0.0375. The number of hydrogen-bond donors (Lipinski definition) is 1. The van der Waals surface area contributed by atoms with Crippen molar-refractivity contribution in [1.29, 1.82) is 0 Å². The third-order valence-electron chi connectivity index (χ3n) is 3.29. The third kappa shape index (κ3) is 5.88. The molecule has 1 N–H and O–H groups in total. The van der Waals surface area contributed by atoms with Crippen molar-refractivity contribution in [2.45, 2.75) is 51.9 Å². The molecule has 0 aliphatic carbocycles. The lowest BCUT2D eigenvalue weighted by Gasteiger charge is -2.09. The predicted octanol–water partition coefficient (Wildman–Crippen LogP) is 4.05. The van der Waals surface area contributed by atoms with Gasteiger partial charge in [0, 0.05) is 12.6 Å². The maximum Gasteiger partial charge on any atom is 0.276 e. The Morgan fingerprint density at radius 1 is 1.16 bits per heavy atom. The molecule has 1 rings (SSSR count). The quantitative estimate of drug-likeness (QED) is 0.436. The lowest BCUT2D eigenvalue weighted by Crippen LogP contribution is -2.22. The van der Waals surface area contributed by atoms with E-state index in [-0.39, 0.29) is 5.91 Å². The van der Waals surface area contributed by atoms with Crippen LogP contribution in [-0.2, 0) is 6.42 Å².